The third kappa shape index (κ3) is 3.53. The Kier molecular flexibility index (Phi) is 4.92. The summed E-state index contributed by atoms with van der Waals surface area (Å²) < 4.78 is 0. The molecule has 6 heteroatoms. The van der Waals surface area contributed by atoms with Crippen molar-refractivity contribution in [2.45, 2.75) is 13.0 Å². The van der Waals surface area contributed by atoms with Crippen molar-refractivity contribution in [3.8, 4) is 5.75 Å². The molecule has 2 amide bonds. The fourth-order valence-electron chi connectivity index (χ4n) is 3.56. The van der Waals surface area contributed by atoms with Crippen LogP contribution in [0.15, 0.2) is 60.7 Å². The van der Waals surface area contributed by atoms with Crippen molar-refractivity contribution < 1.29 is 14.7 Å². The van der Waals surface area contributed by atoms with Gasteiger partial charge in [0.15, 0.2) is 0 Å². The Labute approximate surface area is 167 Å². The molecular formula is C22H19ClN2O3. The van der Waals surface area contributed by atoms with Crippen LogP contribution in [0.2, 0.25) is 5.02 Å². The molecule has 0 spiro atoms. The minimum atomic E-state index is -0.428. The number of nitrogens with zero attached hydrogens (tertiary/aromatic N) is 1. The minimum Gasteiger partial charge on any atom is -0.507 e. The maximum absolute atomic E-state index is 12.8. The van der Waals surface area contributed by atoms with E-state index in [4.69, 9.17) is 11.6 Å². The Hall–Kier alpha value is -3.05. The summed E-state index contributed by atoms with van der Waals surface area (Å²) in [5.41, 5.74) is 1.48. The number of anilines is 1. The number of amides is 2. The second-order valence-electron chi connectivity index (χ2n) is 6.93. The van der Waals surface area contributed by atoms with Crippen LogP contribution in [-0.2, 0) is 16.1 Å². The third-order valence-electron chi connectivity index (χ3n) is 5.06. The van der Waals surface area contributed by atoms with Crippen molar-refractivity contribution in [1.82, 2.24) is 4.90 Å². The molecule has 5 nitrogen and oxygen atoms in total. The lowest BCUT2D eigenvalue weighted by Gasteiger charge is -2.17. The molecule has 2 N–H and O–H groups in total. The first-order chi connectivity index (χ1) is 13.5. The van der Waals surface area contributed by atoms with Crippen LogP contribution in [0.4, 0.5) is 5.69 Å². The van der Waals surface area contributed by atoms with E-state index in [1.165, 1.54) is 0 Å². The second-order valence-corrected chi connectivity index (χ2v) is 7.34. The maximum Gasteiger partial charge on any atom is 0.229 e. The highest BCUT2D eigenvalue weighted by Crippen LogP contribution is 2.31. The molecule has 0 radical (unpaired) electrons. The maximum atomic E-state index is 12.8. The lowest BCUT2D eigenvalue weighted by atomic mass is 10.1. The SMILES string of the molecule is O=C(Nc1ccc(O)c2ccccc12)C1CC(=O)N(Cc2ccccc2Cl)C1. The first-order valence-corrected chi connectivity index (χ1v) is 9.43. The predicted molar refractivity (Wildman–Crippen MR) is 109 cm³/mol. The van der Waals surface area contributed by atoms with Crippen molar-refractivity contribution in [1.29, 1.82) is 0 Å². The number of carbonyl (C=O) groups excluding carboxylic acids is 2. The lowest BCUT2D eigenvalue weighted by Crippen LogP contribution is -2.28. The fourth-order valence-corrected chi connectivity index (χ4v) is 3.76. The van der Waals surface area contributed by atoms with Crippen LogP contribution in [0.3, 0.4) is 0 Å². The first kappa shape index (κ1) is 18.3. The number of benzene rings is 3. The topological polar surface area (TPSA) is 69.6 Å². The summed E-state index contributed by atoms with van der Waals surface area (Å²) >= 11 is 6.19. The van der Waals surface area contributed by atoms with Crippen LogP contribution in [0.25, 0.3) is 10.8 Å². The van der Waals surface area contributed by atoms with Gasteiger partial charge in [-0.2, -0.15) is 0 Å². The molecule has 1 atom stereocenters. The predicted octanol–water partition coefficient (Wildman–Crippen LogP) is 4.19. The van der Waals surface area contributed by atoms with Crippen LogP contribution in [-0.4, -0.2) is 28.4 Å². The largest absolute Gasteiger partial charge is 0.507 e. The molecule has 0 aromatic heterocycles. The average Bonchev–Trinajstić information content (AvgIpc) is 3.07. The average molecular weight is 395 g/mol. The van der Waals surface area contributed by atoms with Gasteiger partial charge in [0.25, 0.3) is 0 Å². The molecule has 1 aliphatic heterocycles. The number of halogens is 1. The summed E-state index contributed by atoms with van der Waals surface area (Å²) in [5.74, 6) is -0.528. The normalized spacial score (nSPS) is 16.5. The summed E-state index contributed by atoms with van der Waals surface area (Å²) in [6.07, 6.45) is 0.173. The van der Waals surface area contributed by atoms with Gasteiger partial charge in [-0.3, -0.25) is 9.59 Å². The van der Waals surface area contributed by atoms with Crippen molar-refractivity contribution >= 4 is 39.9 Å². The smallest absolute Gasteiger partial charge is 0.229 e. The molecule has 0 bridgehead atoms. The highest BCUT2D eigenvalue weighted by molar-refractivity contribution is 6.31. The number of phenolic OH excluding ortho intramolecular Hbond substituents is 1. The van der Waals surface area contributed by atoms with Gasteiger partial charge in [-0.1, -0.05) is 54.1 Å². The highest BCUT2D eigenvalue weighted by atomic mass is 35.5. The number of likely N-dealkylation sites (tertiary alicyclic amines) is 1. The molecule has 3 aromatic carbocycles. The van der Waals surface area contributed by atoms with Crippen molar-refractivity contribution in [3.05, 3.63) is 71.2 Å². The van der Waals surface area contributed by atoms with E-state index in [-0.39, 0.29) is 24.0 Å². The summed E-state index contributed by atoms with van der Waals surface area (Å²) in [6, 6.07) is 17.9. The lowest BCUT2D eigenvalue weighted by molar-refractivity contribution is -0.128. The molecule has 0 aliphatic carbocycles. The summed E-state index contributed by atoms with van der Waals surface area (Å²) in [5, 5.41) is 15.0. The van der Waals surface area contributed by atoms with Gasteiger partial charge in [0.2, 0.25) is 11.8 Å². The van der Waals surface area contributed by atoms with Crippen LogP contribution in [0.1, 0.15) is 12.0 Å². The van der Waals surface area contributed by atoms with Crippen LogP contribution < -0.4 is 5.32 Å². The van der Waals surface area contributed by atoms with Gasteiger partial charge >= 0.3 is 0 Å². The molecule has 3 aromatic rings. The van der Waals surface area contributed by atoms with E-state index in [1.54, 1.807) is 29.2 Å². The number of carbonyl (C=O) groups is 2. The van der Waals surface area contributed by atoms with E-state index < -0.39 is 5.92 Å². The molecule has 0 saturated carbocycles. The summed E-state index contributed by atoms with van der Waals surface area (Å²) in [6.45, 7) is 0.746. The number of aromatic hydroxyl groups is 1. The molecule has 1 unspecified atom stereocenters. The minimum absolute atomic E-state index is 0.0596. The molecule has 1 aliphatic rings. The standard InChI is InChI=1S/C22H19ClN2O3/c23-18-8-4-1-5-14(18)12-25-13-15(11-21(25)27)22(28)24-19-9-10-20(26)17-7-3-2-6-16(17)19/h1-10,15,26H,11-13H2,(H,24,28). The summed E-state index contributed by atoms with van der Waals surface area (Å²) in [7, 11) is 0. The fraction of sp³-hybridized carbons (Fsp3) is 0.182. The van der Waals surface area contributed by atoms with Gasteiger partial charge in [0, 0.05) is 41.0 Å². The Balaban J connectivity index is 1.49. The van der Waals surface area contributed by atoms with E-state index in [9.17, 15) is 14.7 Å². The molecular weight excluding hydrogens is 376 g/mol. The zero-order valence-electron chi connectivity index (χ0n) is 15.1. The van der Waals surface area contributed by atoms with Gasteiger partial charge in [-0.25, -0.2) is 0 Å². The Morgan fingerprint density at radius 2 is 1.79 bits per heavy atom. The molecule has 1 heterocycles. The number of phenols is 1. The van der Waals surface area contributed by atoms with Gasteiger partial charge in [0.1, 0.15) is 5.75 Å². The second kappa shape index (κ2) is 7.52. The number of rotatable bonds is 4. The van der Waals surface area contributed by atoms with E-state index in [2.05, 4.69) is 5.32 Å². The van der Waals surface area contributed by atoms with Crippen molar-refractivity contribution in [3.63, 3.8) is 0 Å². The molecule has 1 saturated heterocycles. The van der Waals surface area contributed by atoms with Gasteiger partial charge < -0.3 is 15.3 Å². The first-order valence-electron chi connectivity index (χ1n) is 9.05. The number of fused-ring (bicyclic) bond motifs is 1. The zero-order chi connectivity index (χ0) is 19.7. The van der Waals surface area contributed by atoms with E-state index >= 15 is 0 Å². The van der Waals surface area contributed by atoms with E-state index in [0.29, 0.717) is 29.2 Å². The quantitative estimate of drug-likeness (QED) is 0.652. The highest BCUT2D eigenvalue weighted by Gasteiger charge is 2.34. The van der Waals surface area contributed by atoms with Gasteiger partial charge in [-0.15, -0.1) is 0 Å². The van der Waals surface area contributed by atoms with Crippen LogP contribution in [0, 0.1) is 5.92 Å². The zero-order valence-corrected chi connectivity index (χ0v) is 15.8. The van der Waals surface area contributed by atoms with E-state index in [1.807, 2.05) is 36.4 Å². The molecule has 1 fully saturated rings. The van der Waals surface area contributed by atoms with Crippen LogP contribution >= 0.6 is 11.6 Å². The number of hydrogen-bond donors (Lipinski definition) is 2. The monoisotopic (exact) mass is 394 g/mol. The van der Waals surface area contributed by atoms with Gasteiger partial charge in [-0.05, 0) is 23.8 Å². The summed E-state index contributed by atoms with van der Waals surface area (Å²) in [4.78, 5) is 26.8. The Bertz CT molecular complexity index is 1070. The molecule has 4 rings (SSSR count). The number of hydrogen-bond acceptors (Lipinski definition) is 3. The Morgan fingerprint density at radius 1 is 1.07 bits per heavy atom. The third-order valence-corrected chi connectivity index (χ3v) is 5.43. The Morgan fingerprint density at radius 3 is 2.57 bits per heavy atom. The number of nitrogens with one attached hydrogen (secondary N) is 1. The molecule has 28 heavy (non-hydrogen) atoms. The van der Waals surface area contributed by atoms with Gasteiger partial charge in [0.05, 0.1) is 5.92 Å². The molecule has 142 valence electrons. The van der Waals surface area contributed by atoms with Crippen molar-refractivity contribution in [2.24, 2.45) is 5.92 Å². The van der Waals surface area contributed by atoms with E-state index in [0.717, 1.165) is 10.9 Å². The van der Waals surface area contributed by atoms with Crippen molar-refractivity contribution in [2.75, 3.05) is 11.9 Å². The van der Waals surface area contributed by atoms with Crippen LogP contribution in [0.5, 0.6) is 5.75 Å².